The number of nitrogens with zero attached hydrogens (tertiary/aromatic N) is 3. The van der Waals surface area contributed by atoms with Crippen LogP contribution in [0, 0.1) is 0 Å². The normalized spacial score (nSPS) is 12.9. The van der Waals surface area contributed by atoms with Gasteiger partial charge < -0.3 is 19.8 Å². The van der Waals surface area contributed by atoms with Crippen molar-refractivity contribution in [2.75, 3.05) is 17.7 Å². The van der Waals surface area contributed by atoms with Gasteiger partial charge in [-0.05, 0) is 50.2 Å². The molecular weight excluding hydrogens is 478 g/mol. The van der Waals surface area contributed by atoms with E-state index in [1.54, 1.807) is 44.2 Å². The summed E-state index contributed by atoms with van der Waals surface area (Å²) in [6.07, 6.45) is 0. The van der Waals surface area contributed by atoms with Gasteiger partial charge in [0.05, 0.1) is 23.7 Å². The van der Waals surface area contributed by atoms with E-state index in [1.807, 2.05) is 18.2 Å². The van der Waals surface area contributed by atoms with Crippen LogP contribution in [0.3, 0.4) is 0 Å². The molecule has 1 amide bonds. The Morgan fingerprint density at radius 2 is 1.91 bits per heavy atom. The van der Waals surface area contributed by atoms with Crippen LogP contribution in [0.25, 0.3) is 11.5 Å². The van der Waals surface area contributed by atoms with Gasteiger partial charge in [0.2, 0.25) is 11.8 Å². The van der Waals surface area contributed by atoms with Crippen LogP contribution in [0.2, 0.25) is 5.02 Å². The monoisotopic (exact) mass is 497 g/mol. The number of allylic oxidation sites excluding steroid dienone is 1. The van der Waals surface area contributed by atoms with Gasteiger partial charge in [-0.1, -0.05) is 35.5 Å². The Balaban J connectivity index is 1.49. The van der Waals surface area contributed by atoms with Crippen LogP contribution in [0.5, 0.6) is 0 Å². The summed E-state index contributed by atoms with van der Waals surface area (Å²) in [6, 6.07) is 14.2. The van der Waals surface area contributed by atoms with E-state index in [-0.39, 0.29) is 29.0 Å². The van der Waals surface area contributed by atoms with Crippen molar-refractivity contribution in [1.82, 2.24) is 15.5 Å². The molecule has 2 N–H and O–H groups in total. The predicted octanol–water partition coefficient (Wildman–Crippen LogP) is 4.59. The number of aromatic nitrogens is 2. The van der Waals surface area contributed by atoms with Gasteiger partial charge >= 0.3 is 5.97 Å². The molecule has 0 bridgehead atoms. The maximum Gasteiger partial charge on any atom is 0.343 e. The quantitative estimate of drug-likeness (QED) is 0.375. The molecule has 34 heavy (non-hydrogen) atoms. The Labute approximate surface area is 204 Å². The number of para-hydroxylation sites is 2. The molecule has 1 aliphatic heterocycles. The van der Waals surface area contributed by atoms with E-state index in [0.29, 0.717) is 33.5 Å². The molecule has 2 heterocycles. The Hall–Kier alpha value is -3.63. The number of hydrogen-bond donors (Lipinski definition) is 2. The Morgan fingerprint density at radius 1 is 1.15 bits per heavy atom. The molecule has 0 aliphatic carbocycles. The lowest BCUT2D eigenvalue weighted by molar-refractivity contribution is -0.137. The SMILES string of the molecule is CCOC(=O)C1=C(C)Nc2ccccc2N=C1NC(=O)CSc1nnc(-c2ccc(Cl)cc2)o1. The molecule has 0 saturated carbocycles. The molecular formula is C23H20ClN5O4S. The van der Waals surface area contributed by atoms with Crippen molar-refractivity contribution in [1.29, 1.82) is 0 Å². The number of esters is 1. The minimum atomic E-state index is -0.587. The summed E-state index contributed by atoms with van der Waals surface area (Å²) in [4.78, 5) is 29.9. The number of rotatable bonds is 6. The average Bonchev–Trinajstić information content (AvgIpc) is 3.23. The zero-order chi connectivity index (χ0) is 24.1. The van der Waals surface area contributed by atoms with Gasteiger partial charge in [0.25, 0.3) is 5.22 Å². The number of anilines is 1. The third-order valence-corrected chi connectivity index (χ3v) is 5.70. The molecule has 9 nitrogen and oxygen atoms in total. The number of aliphatic imine (C=N–C) groups is 1. The largest absolute Gasteiger partial charge is 0.462 e. The number of thioether (sulfide) groups is 1. The van der Waals surface area contributed by atoms with Crippen LogP contribution in [0.15, 0.2) is 74.4 Å². The van der Waals surface area contributed by atoms with Gasteiger partial charge in [-0.2, -0.15) is 0 Å². The smallest absolute Gasteiger partial charge is 0.343 e. The van der Waals surface area contributed by atoms with Gasteiger partial charge in [-0.25, -0.2) is 9.79 Å². The van der Waals surface area contributed by atoms with Gasteiger partial charge in [0.15, 0.2) is 0 Å². The first-order valence-corrected chi connectivity index (χ1v) is 11.7. The van der Waals surface area contributed by atoms with Crippen LogP contribution in [0.1, 0.15) is 13.8 Å². The average molecular weight is 498 g/mol. The van der Waals surface area contributed by atoms with Crippen molar-refractivity contribution in [3.8, 4) is 11.5 Å². The Bertz CT molecular complexity index is 1290. The summed E-state index contributed by atoms with van der Waals surface area (Å²) in [5.41, 5.74) is 2.67. The maximum absolute atomic E-state index is 12.7. The van der Waals surface area contributed by atoms with Crippen LogP contribution in [0.4, 0.5) is 11.4 Å². The zero-order valence-electron chi connectivity index (χ0n) is 18.3. The highest BCUT2D eigenvalue weighted by molar-refractivity contribution is 7.99. The second kappa shape index (κ2) is 10.5. The molecule has 4 rings (SSSR count). The van der Waals surface area contributed by atoms with Crippen molar-refractivity contribution < 1.29 is 18.7 Å². The molecule has 3 aromatic rings. The van der Waals surface area contributed by atoms with Crippen LogP contribution < -0.4 is 10.6 Å². The lowest BCUT2D eigenvalue weighted by Crippen LogP contribution is -2.36. The van der Waals surface area contributed by atoms with Crippen LogP contribution in [-0.2, 0) is 14.3 Å². The third-order valence-electron chi connectivity index (χ3n) is 4.63. The molecule has 0 fully saturated rings. The summed E-state index contributed by atoms with van der Waals surface area (Å²) in [7, 11) is 0. The lowest BCUT2D eigenvalue weighted by atomic mass is 10.2. The molecule has 0 spiro atoms. The number of amides is 1. The molecule has 0 atom stereocenters. The van der Waals surface area contributed by atoms with E-state index in [9.17, 15) is 9.59 Å². The molecule has 0 radical (unpaired) electrons. The van der Waals surface area contributed by atoms with E-state index in [4.69, 9.17) is 20.8 Å². The highest BCUT2D eigenvalue weighted by Gasteiger charge is 2.26. The van der Waals surface area contributed by atoms with Gasteiger partial charge in [0, 0.05) is 16.3 Å². The maximum atomic E-state index is 12.7. The van der Waals surface area contributed by atoms with E-state index < -0.39 is 11.9 Å². The number of hydrogen-bond acceptors (Lipinski definition) is 9. The number of amidine groups is 1. The van der Waals surface area contributed by atoms with Gasteiger partial charge in [-0.3, -0.25) is 4.79 Å². The first-order chi connectivity index (χ1) is 16.4. The molecule has 174 valence electrons. The molecule has 11 heteroatoms. The number of halogens is 1. The number of fused-ring (bicyclic) bond motifs is 1. The molecule has 0 unspecified atom stereocenters. The fourth-order valence-electron chi connectivity index (χ4n) is 3.11. The minimum Gasteiger partial charge on any atom is -0.462 e. The van der Waals surface area contributed by atoms with Crippen LogP contribution >= 0.6 is 23.4 Å². The first-order valence-electron chi connectivity index (χ1n) is 10.3. The fraction of sp³-hybridized carbons (Fsp3) is 0.174. The van der Waals surface area contributed by atoms with E-state index in [0.717, 1.165) is 11.8 Å². The fourth-order valence-corrected chi connectivity index (χ4v) is 3.80. The van der Waals surface area contributed by atoms with Crippen molar-refractivity contribution in [2.45, 2.75) is 19.1 Å². The van der Waals surface area contributed by atoms with Crippen molar-refractivity contribution in [2.24, 2.45) is 4.99 Å². The van der Waals surface area contributed by atoms with E-state index >= 15 is 0 Å². The Kier molecular flexibility index (Phi) is 7.29. The van der Waals surface area contributed by atoms with Crippen molar-refractivity contribution in [3.05, 3.63) is 64.8 Å². The highest BCUT2D eigenvalue weighted by atomic mass is 35.5. The third kappa shape index (κ3) is 5.46. The van der Waals surface area contributed by atoms with E-state index in [1.165, 1.54) is 0 Å². The van der Waals surface area contributed by atoms with E-state index in [2.05, 4.69) is 25.8 Å². The predicted molar refractivity (Wildman–Crippen MR) is 130 cm³/mol. The highest BCUT2D eigenvalue weighted by Crippen LogP contribution is 2.30. The first kappa shape index (κ1) is 23.5. The number of ether oxygens (including phenoxy) is 1. The standard InChI is InChI=1S/C23H20ClN5O4S/c1-3-32-22(31)19-13(2)25-16-6-4-5-7-17(16)26-20(19)27-18(30)12-34-23-29-28-21(33-23)14-8-10-15(24)11-9-14/h4-11,25H,3,12H2,1-2H3,(H,26,27,30). The van der Waals surface area contributed by atoms with Gasteiger partial charge in [0.1, 0.15) is 11.4 Å². The minimum absolute atomic E-state index is 0.0362. The van der Waals surface area contributed by atoms with Crippen molar-refractivity contribution >= 4 is 52.4 Å². The second-order valence-corrected chi connectivity index (χ2v) is 8.40. The summed E-state index contributed by atoms with van der Waals surface area (Å²) in [6.45, 7) is 3.62. The number of nitrogens with one attached hydrogen (secondary N) is 2. The van der Waals surface area contributed by atoms with Gasteiger partial charge in [-0.15, -0.1) is 10.2 Å². The summed E-state index contributed by atoms with van der Waals surface area (Å²) in [5.74, 6) is -0.601. The van der Waals surface area contributed by atoms with Crippen LogP contribution in [-0.4, -0.2) is 40.3 Å². The number of benzene rings is 2. The molecule has 1 aliphatic rings. The topological polar surface area (TPSA) is 119 Å². The summed E-state index contributed by atoms with van der Waals surface area (Å²) >= 11 is 6.97. The van der Waals surface area contributed by atoms with Crippen molar-refractivity contribution in [3.63, 3.8) is 0 Å². The molecule has 2 aromatic carbocycles. The molecule has 1 aromatic heterocycles. The number of carbonyl (C=O) groups is 2. The second-order valence-electron chi connectivity index (χ2n) is 7.04. The lowest BCUT2D eigenvalue weighted by Gasteiger charge is -2.13. The molecule has 0 saturated heterocycles. The summed E-state index contributed by atoms with van der Waals surface area (Å²) < 4.78 is 10.8. The number of carbonyl (C=O) groups excluding carboxylic acids is 2. The Morgan fingerprint density at radius 3 is 2.68 bits per heavy atom. The zero-order valence-corrected chi connectivity index (χ0v) is 19.9. The summed E-state index contributed by atoms with van der Waals surface area (Å²) in [5, 5.41) is 14.7.